The van der Waals surface area contributed by atoms with Gasteiger partial charge >= 0.3 is 0 Å². The molecule has 5 rings (SSSR count). The van der Waals surface area contributed by atoms with E-state index in [9.17, 15) is 9.90 Å². The summed E-state index contributed by atoms with van der Waals surface area (Å²) in [7, 11) is 1.66. The van der Waals surface area contributed by atoms with Crippen molar-refractivity contribution in [1.82, 2.24) is 19.7 Å². The van der Waals surface area contributed by atoms with Crippen LogP contribution in [0.4, 0.5) is 5.82 Å². The third-order valence-corrected chi connectivity index (χ3v) is 8.80. The van der Waals surface area contributed by atoms with E-state index in [1.165, 1.54) is 5.56 Å². The van der Waals surface area contributed by atoms with Crippen LogP contribution in [0.2, 0.25) is 0 Å². The summed E-state index contributed by atoms with van der Waals surface area (Å²) in [5.41, 5.74) is 4.39. The molecule has 0 spiro atoms. The highest BCUT2D eigenvalue weighted by Crippen LogP contribution is 2.38. The maximum absolute atomic E-state index is 14.0. The molecule has 2 saturated carbocycles. The predicted molar refractivity (Wildman–Crippen MR) is 156 cm³/mol. The molecule has 3 heterocycles. The first-order chi connectivity index (χ1) is 19.3. The van der Waals surface area contributed by atoms with Crippen LogP contribution in [0.5, 0.6) is 5.88 Å². The van der Waals surface area contributed by atoms with Crippen molar-refractivity contribution in [3.8, 4) is 17.0 Å². The average molecular weight is 546 g/mol. The molecular weight excluding hydrogens is 502 g/mol. The summed E-state index contributed by atoms with van der Waals surface area (Å²) in [6.45, 7) is 6.94. The van der Waals surface area contributed by atoms with Crippen molar-refractivity contribution < 1.29 is 14.6 Å². The molecule has 0 radical (unpaired) electrons. The van der Waals surface area contributed by atoms with Gasteiger partial charge in [0.05, 0.1) is 19.4 Å². The fraction of sp³-hybridized carbons (Fsp3) is 0.562. The quantitative estimate of drug-likeness (QED) is 0.368. The van der Waals surface area contributed by atoms with Crippen LogP contribution in [0.25, 0.3) is 11.1 Å². The fourth-order valence-electron chi connectivity index (χ4n) is 6.31. The van der Waals surface area contributed by atoms with Gasteiger partial charge in [-0.05, 0) is 113 Å². The van der Waals surface area contributed by atoms with Gasteiger partial charge in [0.1, 0.15) is 5.82 Å². The first kappa shape index (κ1) is 28.3. The molecule has 0 saturated heterocycles. The number of nitrogens with zero attached hydrogens (tertiary/aromatic N) is 5. The fourth-order valence-corrected chi connectivity index (χ4v) is 6.31. The van der Waals surface area contributed by atoms with Gasteiger partial charge in [-0.2, -0.15) is 5.10 Å². The Hall–Kier alpha value is -3.26. The Morgan fingerprint density at radius 1 is 1.05 bits per heavy atom. The van der Waals surface area contributed by atoms with Crippen LogP contribution in [0, 0.1) is 18.8 Å². The van der Waals surface area contributed by atoms with Crippen molar-refractivity contribution in [3.05, 3.63) is 54.1 Å². The molecule has 8 heteroatoms. The first-order valence-corrected chi connectivity index (χ1v) is 14.8. The van der Waals surface area contributed by atoms with E-state index in [-0.39, 0.29) is 24.0 Å². The predicted octanol–water partition coefficient (Wildman–Crippen LogP) is 6.10. The Kier molecular flexibility index (Phi) is 8.84. The number of hydrogen-bond acceptors (Lipinski definition) is 6. The minimum Gasteiger partial charge on any atom is -0.481 e. The third-order valence-electron chi connectivity index (χ3n) is 8.80. The number of amides is 1. The lowest BCUT2D eigenvalue weighted by Gasteiger charge is -2.35. The van der Waals surface area contributed by atoms with Crippen molar-refractivity contribution in [2.24, 2.45) is 11.8 Å². The first-order valence-electron chi connectivity index (χ1n) is 14.8. The van der Waals surface area contributed by atoms with Gasteiger partial charge in [0.15, 0.2) is 0 Å². The Morgan fingerprint density at radius 3 is 2.45 bits per heavy atom. The summed E-state index contributed by atoms with van der Waals surface area (Å²) in [6, 6.07) is 6.51. The molecule has 0 bridgehead atoms. The third kappa shape index (κ3) is 6.38. The highest BCUT2D eigenvalue weighted by molar-refractivity contribution is 5.94. The second-order valence-electron chi connectivity index (χ2n) is 12.0. The number of aliphatic hydroxyl groups is 1. The molecule has 2 aliphatic rings. The number of methoxy groups -OCH3 is 1. The van der Waals surface area contributed by atoms with E-state index < -0.39 is 0 Å². The van der Waals surface area contributed by atoms with Crippen molar-refractivity contribution in [3.63, 3.8) is 0 Å². The monoisotopic (exact) mass is 545 g/mol. The van der Waals surface area contributed by atoms with Crippen LogP contribution in [0.15, 0.2) is 43.0 Å². The van der Waals surface area contributed by atoms with E-state index in [2.05, 4.69) is 36.2 Å². The number of aryl methyl sites for hydroxylation is 1. The van der Waals surface area contributed by atoms with Crippen LogP contribution in [-0.4, -0.2) is 50.5 Å². The number of ether oxygens (including phenoxy) is 1. The van der Waals surface area contributed by atoms with Crippen LogP contribution < -0.4 is 9.64 Å². The largest absolute Gasteiger partial charge is 0.481 e. The number of pyridine rings is 2. The van der Waals surface area contributed by atoms with Crippen LogP contribution in [0.3, 0.4) is 0 Å². The van der Waals surface area contributed by atoms with Gasteiger partial charge in [0.2, 0.25) is 11.8 Å². The Balaban J connectivity index is 1.33. The van der Waals surface area contributed by atoms with Crippen LogP contribution in [-0.2, 0) is 4.79 Å². The number of carbonyl (C=O) groups is 1. The normalized spacial score (nSPS) is 23.2. The average Bonchev–Trinajstić information content (AvgIpc) is 3.47. The van der Waals surface area contributed by atoms with Gasteiger partial charge in [-0.1, -0.05) is 0 Å². The molecule has 0 aromatic carbocycles. The summed E-state index contributed by atoms with van der Waals surface area (Å²) in [6.07, 6.45) is 14.5. The molecule has 8 nitrogen and oxygen atoms in total. The van der Waals surface area contributed by atoms with Gasteiger partial charge in [-0.25, -0.2) is 9.97 Å². The van der Waals surface area contributed by atoms with Crippen LogP contribution >= 0.6 is 0 Å². The summed E-state index contributed by atoms with van der Waals surface area (Å²) >= 11 is 0. The second-order valence-corrected chi connectivity index (χ2v) is 12.0. The number of rotatable bonds is 8. The zero-order valence-electron chi connectivity index (χ0n) is 24.3. The van der Waals surface area contributed by atoms with Gasteiger partial charge in [0.25, 0.3) is 0 Å². The zero-order valence-corrected chi connectivity index (χ0v) is 24.3. The van der Waals surface area contributed by atoms with E-state index in [4.69, 9.17) is 9.72 Å². The lowest BCUT2D eigenvalue weighted by Crippen LogP contribution is -2.42. The smallest absolute Gasteiger partial charge is 0.231 e. The summed E-state index contributed by atoms with van der Waals surface area (Å²) in [5.74, 6) is 2.37. The molecule has 0 unspecified atom stereocenters. The topological polar surface area (TPSA) is 93.4 Å². The second kappa shape index (κ2) is 12.5. The van der Waals surface area contributed by atoms with E-state index in [1.807, 2.05) is 41.0 Å². The molecule has 0 atom stereocenters. The van der Waals surface area contributed by atoms with Gasteiger partial charge < -0.3 is 9.84 Å². The summed E-state index contributed by atoms with van der Waals surface area (Å²) < 4.78 is 7.29. The molecule has 1 amide bonds. The number of hydrogen-bond donors (Lipinski definition) is 1. The number of aliphatic hydroxyl groups excluding tert-OH is 1. The minimum absolute atomic E-state index is 0.0674. The number of aromatic nitrogens is 4. The molecule has 1 N–H and O–H groups in total. The van der Waals surface area contributed by atoms with Crippen molar-refractivity contribution in [2.45, 2.75) is 90.2 Å². The minimum atomic E-state index is -0.289. The van der Waals surface area contributed by atoms with Crippen LogP contribution in [0.1, 0.15) is 88.3 Å². The molecule has 214 valence electrons. The molecule has 2 fully saturated rings. The van der Waals surface area contributed by atoms with Gasteiger partial charge in [0, 0.05) is 48.2 Å². The molecule has 0 aliphatic heterocycles. The molecule has 40 heavy (non-hydrogen) atoms. The maximum atomic E-state index is 14.0. The zero-order chi connectivity index (χ0) is 28.2. The van der Waals surface area contributed by atoms with Crippen molar-refractivity contribution in [2.75, 3.05) is 18.6 Å². The molecule has 2 aliphatic carbocycles. The van der Waals surface area contributed by atoms with E-state index in [0.29, 0.717) is 42.9 Å². The van der Waals surface area contributed by atoms with Crippen molar-refractivity contribution in [1.29, 1.82) is 0 Å². The van der Waals surface area contributed by atoms with Gasteiger partial charge in [-0.15, -0.1) is 0 Å². The number of anilines is 1. The molecule has 3 aromatic rings. The van der Waals surface area contributed by atoms with E-state index in [1.54, 1.807) is 13.3 Å². The summed E-state index contributed by atoms with van der Waals surface area (Å²) in [4.78, 5) is 25.1. The van der Waals surface area contributed by atoms with Gasteiger partial charge in [-0.3, -0.25) is 14.4 Å². The standard InChI is InChI=1S/C32H43N5O3/c1-21(2)37-20-28(18-35-37)26-13-14-33-30(16-26)36(32(39)25-9-11-29(38)12-10-25)19-23-5-7-24(8-6-23)27-15-22(3)31(40-4)34-17-27/h13-18,20-21,23-25,29,38H,5-12,19H2,1-4H3/t23-,24-,25-,29-. The Labute approximate surface area is 237 Å². The summed E-state index contributed by atoms with van der Waals surface area (Å²) in [5, 5.41) is 14.5. The highest BCUT2D eigenvalue weighted by Gasteiger charge is 2.33. The lowest BCUT2D eigenvalue weighted by atomic mass is 9.78. The number of carbonyl (C=O) groups excluding carboxylic acids is 1. The molecule has 3 aromatic heterocycles. The highest BCUT2D eigenvalue weighted by atomic mass is 16.5. The van der Waals surface area contributed by atoms with E-state index in [0.717, 1.165) is 55.2 Å². The lowest BCUT2D eigenvalue weighted by molar-refractivity contribution is -0.124. The maximum Gasteiger partial charge on any atom is 0.231 e. The van der Waals surface area contributed by atoms with E-state index >= 15 is 0 Å². The molecular formula is C32H43N5O3. The Morgan fingerprint density at radius 2 is 1.80 bits per heavy atom. The Bertz CT molecular complexity index is 1290. The SMILES string of the molecule is COc1ncc([C@H]2CC[C@H](CN(c3cc(-c4cnn(C(C)C)c4)ccn3)C(=O)[C@H]3CC[C@H](O)CC3)CC2)cc1C. The van der Waals surface area contributed by atoms with Crippen molar-refractivity contribution >= 4 is 11.7 Å².